The molecule has 2 amide bonds. The Bertz CT molecular complexity index is 1180. The van der Waals surface area contributed by atoms with Gasteiger partial charge < -0.3 is 20.5 Å². The highest BCUT2D eigenvalue weighted by Crippen LogP contribution is 2.44. The zero-order valence-corrected chi connectivity index (χ0v) is 20.1. The summed E-state index contributed by atoms with van der Waals surface area (Å²) in [5, 5.41) is 15.0. The highest BCUT2D eigenvalue weighted by molar-refractivity contribution is 7.13. The number of alkyl carbamates (subject to hydrolysis) is 1. The molecule has 0 bridgehead atoms. The van der Waals surface area contributed by atoms with Crippen molar-refractivity contribution in [2.45, 2.75) is 44.7 Å². The third kappa shape index (κ3) is 5.68. The lowest BCUT2D eigenvalue weighted by atomic mass is 9.98. The molecule has 9 heteroatoms. The number of nitrogens with one attached hydrogen (secondary N) is 2. The van der Waals surface area contributed by atoms with Crippen molar-refractivity contribution in [1.29, 1.82) is 0 Å². The largest absolute Gasteiger partial charge is 0.480 e. The number of hydrogen-bond acceptors (Lipinski definition) is 6. The molecule has 0 aliphatic heterocycles. The summed E-state index contributed by atoms with van der Waals surface area (Å²) in [5.74, 6) is -1.58. The monoisotopic (exact) mass is 493 g/mol. The summed E-state index contributed by atoms with van der Waals surface area (Å²) in [6, 6.07) is 15.3. The summed E-state index contributed by atoms with van der Waals surface area (Å²) >= 11 is 1.10. The first-order valence-electron chi connectivity index (χ1n) is 11.5. The van der Waals surface area contributed by atoms with Crippen LogP contribution in [0.2, 0.25) is 0 Å². The quantitative estimate of drug-likeness (QED) is 0.381. The molecular formula is C26H27N3O5S. The van der Waals surface area contributed by atoms with Crippen molar-refractivity contribution < 1.29 is 24.2 Å². The standard InChI is InChI=1S/C26H27N3O5S/c1-2-3-12-21(25(31)32)29-24(30)22-13-27-23(35-22)14-28-26(33)34-15-20-18-10-6-4-8-16(18)17-9-5-7-11-19(17)20/h4-11,13,20-21H,2-3,12,14-15H2,1H3,(H,28,33)(H,29,30)(H,31,32). The molecule has 182 valence electrons. The number of carbonyl (C=O) groups is 3. The molecule has 0 fully saturated rings. The van der Waals surface area contributed by atoms with Crippen LogP contribution >= 0.6 is 11.3 Å². The molecule has 1 aliphatic rings. The predicted octanol–water partition coefficient (Wildman–Crippen LogP) is 4.56. The SMILES string of the molecule is CCCCC(NC(=O)c1cnc(CNC(=O)OCC2c3ccccc3-c3ccccc32)s1)C(=O)O. The fourth-order valence-electron chi connectivity index (χ4n) is 4.19. The van der Waals surface area contributed by atoms with Crippen molar-refractivity contribution in [1.82, 2.24) is 15.6 Å². The van der Waals surface area contributed by atoms with Crippen molar-refractivity contribution in [3.05, 3.63) is 75.7 Å². The molecule has 35 heavy (non-hydrogen) atoms. The number of thiazole rings is 1. The zero-order valence-electron chi connectivity index (χ0n) is 19.3. The molecular weight excluding hydrogens is 466 g/mol. The minimum atomic E-state index is -1.06. The maximum Gasteiger partial charge on any atom is 0.407 e. The van der Waals surface area contributed by atoms with Gasteiger partial charge in [0.1, 0.15) is 22.5 Å². The predicted molar refractivity (Wildman–Crippen MR) is 132 cm³/mol. The number of carboxylic acid groups (broad SMARTS) is 1. The van der Waals surface area contributed by atoms with E-state index in [1.54, 1.807) is 0 Å². The van der Waals surface area contributed by atoms with Crippen LogP contribution in [0.15, 0.2) is 54.7 Å². The van der Waals surface area contributed by atoms with Gasteiger partial charge in [-0.15, -0.1) is 11.3 Å². The molecule has 8 nitrogen and oxygen atoms in total. The van der Waals surface area contributed by atoms with Crippen LogP contribution in [0, 0.1) is 0 Å². The number of aliphatic carboxylic acids is 1. The van der Waals surface area contributed by atoms with Crippen LogP contribution in [0.3, 0.4) is 0 Å². The number of carbonyl (C=O) groups excluding carboxylic acids is 2. The Morgan fingerprint density at radius 3 is 2.37 bits per heavy atom. The Labute approximate surface area is 207 Å². The van der Waals surface area contributed by atoms with Gasteiger partial charge in [-0.25, -0.2) is 14.6 Å². The van der Waals surface area contributed by atoms with Crippen LogP contribution in [0.25, 0.3) is 11.1 Å². The average molecular weight is 494 g/mol. The van der Waals surface area contributed by atoms with E-state index in [1.165, 1.54) is 6.20 Å². The summed E-state index contributed by atoms with van der Waals surface area (Å²) in [5.41, 5.74) is 4.59. The van der Waals surface area contributed by atoms with E-state index in [0.29, 0.717) is 17.8 Å². The lowest BCUT2D eigenvalue weighted by Crippen LogP contribution is -2.40. The number of nitrogens with zero attached hydrogens (tertiary/aromatic N) is 1. The van der Waals surface area contributed by atoms with Gasteiger partial charge in [0.2, 0.25) is 0 Å². The van der Waals surface area contributed by atoms with E-state index in [1.807, 2.05) is 31.2 Å². The molecule has 2 aromatic carbocycles. The Balaban J connectivity index is 1.29. The molecule has 1 aromatic heterocycles. The van der Waals surface area contributed by atoms with Gasteiger partial charge in [-0.3, -0.25) is 4.79 Å². The number of ether oxygens (including phenoxy) is 1. The molecule has 1 unspecified atom stereocenters. The van der Waals surface area contributed by atoms with Gasteiger partial charge in [0.15, 0.2) is 0 Å². The Kier molecular flexibility index (Phi) is 7.77. The van der Waals surface area contributed by atoms with Gasteiger partial charge in [-0.05, 0) is 28.7 Å². The number of hydrogen-bond donors (Lipinski definition) is 3. The molecule has 4 rings (SSSR count). The molecule has 0 saturated heterocycles. The van der Waals surface area contributed by atoms with Crippen LogP contribution in [0.4, 0.5) is 4.79 Å². The molecule has 1 heterocycles. The van der Waals surface area contributed by atoms with Crippen molar-refractivity contribution >= 4 is 29.3 Å². The van der Waals surface area contributed by atoms with Gasteiger partial charge >= 0.3 is 12.1 Å². The summed E-state index contributed by atoms with van der Waals surface area (Å²) < 4.78 is 5.51. The first-order valence-corrected chi connectivity index (χ1v) is 12.4. The van der Waals surface area contributed by atoms with Gasteiger partial charge in [-0.2, -0.15) is 0 Å². The summed E-state index contributed by atoms with van der Waals surface area (Å²) in [4.78, 5) is 40.6. The molecule has 1 atom stereocenters. The van der Waals surface area contributed by atoms with Crippen molar-refractivity contribution in [3.8, 4) is 11.1 Å². The van der Waals surface area contributed by atoms with E-state index < -0.39 is 24.0 Å². The lowest BCUT2D eigenvalue weighted by Gasteiger charge is -2.14. The Morgan fingerprint density at radius 2 is 1.74 bits per heavy atom. The lowest BCUT2D eigenvalue weighted by molar-refractivity contribution is -0.139. The van der Waals surface area contributed by atoms with Crippen LogP contribution in [0.5, 0.6) is 0 Å². The summed E-state index contributed by atoms with van der Waals surface area (Å²) in [6.07, 6.45) is 2.72. The normalized spacial score (nSPS) is 12.9. The third-order valence-electron chi connectivity index (χ3n) is 5.95. The van der Waals surface area contributed by atoms with E-state index in [4.69, 9.17) is 4.74 Å². The molecule has 0 saturated carbocycles. The van der Waals surface area contributed by atoms with Gasteiger partial charge in [-0.1, -0.05) is 68.3 Å². The molecule has 0 spiro atoms. The number of benzene rings is 2. The van der Waals surface area contributed by atoms with E-state index in [-0.39, 0.29) is 23.9 Å². The van der Waals surface area contributed by atoms with E-state index in [0.717, 1.165) is 40.0 Å². The fourth-order valence-corrected chi connectivity index (χ4v) is 4.95. The minimum Gasteiger partial charge on any atom is -0.480 e. The Hall–Kier alpha value is -3.72. The fraction of sp³-hybridized carbons (Fsp3) is 0.308. The summed E-state index contributed by atoms with van der Waals surface area (Å²) in [6.45, 7) is 2.27. The minimum absolute atomic E-state index is 0.0294. The number of carboxylic acids is 1. The maximum absolute atomic E-state index is 12.4. The number of amides is 2. The van der Waals surface area contributed by atoms with Gasteiger partial charge in [0, 0.05) is 5.92 Å². The van der Waals surface area contributed by atoms with E-state index in [2.05, 4.69) is 39.9 Å². The average Bonchev–Trinajstić information content (AvgIpc) is 3.47. The zero-order chi connectivity index (χ0) is 24.8. The second kappa shape index (κ2) is 11.1. The van der Waals surface area contributed by atoms with Crippen molar-refractivity contribution in [2.24, 2.45) is 0 Å². The smallest absolute Gasteiger partial charge is 0.407 e. The van der Waals surface area contributed by atoms with Gasteiger partial charge in [0.25, 0.3) is 5.91 Å². The number of aromatic nitrogens is 1. The van der Waals surface area contributed by atoms with Gasteiger partial charge in [0.05, 0.1) is 12.7 Å². The number of unbranched alkanes of at least 4 members (excludes halogenated alkanes) is 1. The second-order valence-corrected chi connectivity index (χ2v) is 9.42. The van der Waals surface area contributed by atoms with Crippen LogP contribution in [-0.2, 0) is 16.1 Å². The summed E-state index contributed by atoms with van der Waals surface area (Å²) in [7, 11) is 0. The first kappa shape index (κ1) is 24.4. The van der Waals surface area contributed by atoms with Crippen LogP contribution in [-0.4, -0.2) is 40.7 Å². The van der Waals surface area contributed by atoms with Crippen LogP contribution < -0.4 is 10.6 Å². The Morgan fingerprint density at radius 1 is 1.09 bits per heavy atom. The van der Waals surface area contributed by atoms with Crippen molar-refractivity contribution in [3.63, 3.8) is 0 Å². The van der Waals surface area contributed by atoms with E-state index in [9.17, 15) is 19.5 Å². The topological polar surface area (TPSA) is 118 Å². The molecule has 0 radical (unpaired) electrons. The first-order chi connectivity index (χ1) is 17.0. The maximum atomic E-state index is 12.4. The highest BCUT2D eigenvalue weighted by Gasteiger charge is 2.29. The molecule has 1 aliphatic carbocycles. The molecule has 3 N–H and O–H groups in total. The number of fused-ring (bicyclic) bond motifs is 3. The number of rotatable bonds is 10. The second-order valence-electron chi connectivity index (χ2n) is 8.30. The van der Waals surface area contributed by atoms with Crippen LogP contribution in [0.1, 0.15) is 57.9 Å². The molecule has 3 aromatic rings. The van der Waals surface area contributed by atoms with E-state index >= 15 is 0 Å². The highest BCUT2D eigenvalue weighted by atomic mass is 32.1. The van der Waals surface area contributed by atoms with Crippen molar-refractivity contribution in [2.75, 3.05) is 6.61 Å². The third-order valence-corrected chi connectivity index (χ3v) is 6.95.